The van der Waals surface area contributed by atoms with E-state index in [4.69, 9.17) is 14.6 Å². The summed E-state index contributed by atoms with van der Waals surface area (Å²) >= 11 is 0. The second kappa shape index (κ2) is 5.86. The molecule has 6 nitrogen and oxygen atoms in total. The molecule has 4 aliphatic rings. The molecule has 0 amide bonds. The van der Waals surface area contributed by atoms with Crippen molar-refractivity contribution in [2.24, 2.45) is 28.6 Å². The van der Waals surface area contributed by atoms with Crippen molar-refractivity contribution in [2.75, 3.05) is 13.2 Å². The summed E-state index contributed by atoms with van der Waals surface area (Å²) in [6, 6.07) is 0. The van der Waals surface area contributed by atoms with Gasteiger partial charge in [0, 0.05) is 42.4 Å². The summed E-state index contributed by atoms with van der Waals surface area (Å²) in [5, 5.41) is 9.11. The smallest absolute Gasteiger partial charge is 0.303 e. The van der Waals surface area contributed by atoms with Crippen LogP contribution in [-0.4, -0.2) is 41.6 Å². The van der Waals surface area contributed by atoms with Crippen LogP contribution in [0.3, 0.4) is 0 Å². The minimum atomic E-state index is -0.915. The third-order valence-corrected chi connectivity index (χ3v) is 7.95. The number of carbonyl (C=O) groups is 3. The number of ether oxygens (including phenoxy) is 2. The first-order chi connectivity index (χ1) is 12.2. The Kier molecular flexibility index (Phi) is 4.08. The summed E-state index contributed by atoms with van der Waals surface area (Å²) in [4.78, 5) is 37.2. The highest BCUT2D eigenvalue weighted by Crippen LogP contribution is 2.66. The second-order valence-corrected chi connectivity index (χ2v) is 9.07. The summed E-state index contributed by atoms with van der Waals surface area (Å²) in [5.74, 6) is -1.39. The van der Waals surface area contributed by atoms with Crippen molar-refractivity contribution in [1.29, 1.82) is 0 Å². The van der Waals surface area contributed by atoms with Gasteiger partial charge in [0.15, 0.2) is 5.79 Å². The number of fused-ring (bicyclic) bond motifs is 4. The van der Waals surface area contributed by atoms with Crippen LogP contribution in [0, 0.1) is 28.6 Å². The molecule has 5 atom stereocenters. The van der Waals surface area contributed by atoms with Crippen LogP contribution >= 0.6 is 0 Å². The fraction of sp³-hybridized carbons (Fsp3) is 0.850. The van der Waals surface area contributed by atoms with Crippen LogP contribution in [0.5, 0.6) is 0 Å². The number of ketones is 2. The van der Waals surface area contributed by atoms with E-state index in [1.807, 2.05) is 6.92 Å². The fourth-order valence-corrected chi connectivity index (χ4v) is 6.67. The van der Waals surface area contributed by atoms with E-state index in [0.29, 0.717) is 32.5 Å². The van der Waals surface area contributed by atoms with Crippen LogP contribution in [0.1, 0.15) is 58.8 Å². The van der Waals surface area contributed by atoms with Gasteiger partial charge >= 0.3 is 5.97 Å². The molecule has 3 saturated carbocycles. The van der Waals surface area contributed by atoms with Crippen LogP contribution in [0.4, 0.5) is 0 Å². The van der Waals surface area contributed by atoms with Gasteiger partial charge in [0.05, 0.1) is 13.2 Å². The molecule has 1 saturated heterocycles. The Hall–Kier alpha value is -1.27. The van der Waals surface area contributed by atoms with Gasteiger partial charge in [-0.15, -0.1) is 0 Å². The van der Waals surface area contributed by atoms with Crippen LogP contribution in [0.2, 0.25) is 0 Å². The van der Waals surface area contributed by atoms with Crippen molar-refractivity contribution in [3.63, 3.8) is 0 Å². The Morgan fingerprint density at radius 3 is 2.54 bits per heavy atom. The number of hydrogen-bond donors (Lipinski definition) is 1. The standard InChI is InChI=1S/C20H28O6/c1-18(7-6-16(23)24)15(22)4-3-12-13-5-8-20(25-9-10-26-20)19(13,2)11-14(21)17(12)18/h12-13,17H,3-11H2,1-2H3,(H,23,24)/t12?,13?,17?,18-,19-/m0/s1. The topological polar surface area (TPSA) is 89.9 Å². The molecule has 1 heterocycles. The Labute approximate surface area is 153 Å². The Morgan fingerprint density at radius 2 is 1.88 bits per heavy atom. The number of carboxylic acid groups (broad SMARTS) is 1. The first-order valence-corrected chi connectivity index (χ1v) is 9.79. The summed E-state index contributed by atoms with van der Waals surface area (Å²) < 4.78 is 12.1. The third kappa shape index (κ3) is 2.27. The number of hydrogen-bond acceptors (Lipinski definition) is 5. The van der Waals surface area contributed by atoms with Gasteiger partial charge in [-0.2, -0.15) is 0 Å². The average Bonchev–Trinajstić information content (AvgIpc) is 3.16. The van der Waals surface area contributed by atoms with Gasteiger partial charge in [-0.25, -0.2) is 0 Å². The zero-order chi connectivity index (χ0) is 18.7. The van der Waals surface area contributed by atoms with Crippen molar-refractivity contribution >= 4 is 17.5 Å². The summed E-state index contributed by atoms with van der Waals surface area (Å²) in [7, 11) is 0. The maximum atomic E-state index is 13.3. The predicted molar refractivity (Wildman–Crippen MR) is 91.3 cm³/mol. The van der Waals surface area contributed by atoms with Crippen molar-refractivity contribution in [2.45, 2.75) is 64.6 Å². The molecule has 3 unspecified atom stereocenters. The van der Waals surface area contributed by atoms with Gasteiger partial charge in [-0.05, 0) is 31.1 Å². The van der Waals surface area contributed by atoms with Crippen LogP contribution < -0.4 is 0 Å². The zero-order valence-corrected chi connectivity index (χ0v) is 15.6. The van der Waals surface area contributed by atoms with Crippen LogP contribution in [0.25, 0.3) is 0 Å². The molecular weight excluding hydrogens is 336 g/mol. The predicted octanol–water partition coefficient (Wildman–Crippen LogP) is 2.59. The van der Waals surface area contributed by atoms with Crippen LogP contribution in [0.15, 0.2) is 0 Å². The molecule has 0 aromatic heterocycles. The van der Waals surface area contributed by atoms with Gasteiger partial charge in [0.2, 0.25) is 0 Å². The quantitative estimate of drug-likeness (QED) is 0.828. The third-order valence-electron chi connectivity index (χ3n) is 7.95. The highest BCUT2D eigenvalue weighted by atomic mass is 16.7. The fourth-order valence-electron chi connectivity index (χ4n) is 6.67. The molecule has 1 aliphatic heterocycles. The number of aliphatic carboxylic acids is 1. The van der Waals surface area contributed by atoms with Crippen molar-refractivity contribution < 1.29 is 29.0 Å². The Bertz CT molecular complexity index is 651. The van der Waals surface area contributed by atoms with E-state index in [2.05, 4.69) is 6.92 Å². The highest BCUT2D eigenvalue weighted by molar-refractivity contribution is 5.95. The van der Waals surface area contributed by atoms with E-state index in [0.717, 1.165) is 12.8 Å². The monoisotopic (exact) mass is 364 g/mol. The number of carboxylic acids is 1. The lowest BCUT2D eigenvalue weighted by atomic mass is 9.48. The molecule has 0 aromatic rings. The highest BCUT2D eigenvalue weighted by Gasteiger charge is 2.69. The molecule has 26 heavy (non-hydrogen) atoms. The molecule has 6 heteroatoms. The molecule has 0 aromatic carbocycles. The maximum absolute atomic E-state index is 13.3. The molecule has 1 spiro atoms. The first kappa shape index (κ1) is 18.1. The molecule has 0 radical (unpaired) electrons. The molecule has 1 N–H and O–H groups in total. The van der Waals surface area contributed by atoms with E-state index in [-0.39, 0.29) is 47.6 Å². The average molecular weight is 364 g/mol. The number of carbonyl (C=O) groups excluding carboxylic acids is 2. The largest absolute Gasteiger partial charge is 0.481 e. The number of Topliss-reactive ketones (excluding diaryl/α,β-unsaturated/α-hetero) is 2. The zero-order valence-electron chi connectivity index (χ0n) is 15.6. The molecule has 3 aliphatic carbocycles. The minimum absolute atomic E-state index is 0.0537. The summed E-state index contributed by atoms with van der Waals surface area (Å²) in [6.07, 6.45) is 3.42. The van der Waals surface area contributed by atoms with Gasteiger partial charge in [0.1, 0.15) is 11.6 Å². The SMILES string of the molecule is C[C@]1(CCC(=O)O)C(=O)CCC2C1C(=O)C[C@@]1(C)C2CCC12OCCO2. The van der Waals surface area contributed by atoms with Crippen molar-refractivity contribution in [1.82, 2.24) is 0 Å². The van der Waals surface area contributed by atoms with Crippen molar-refractivity contribution in [3.05, 3.63) is 0 Å². The van der Waals surface area contributed by atoms with Gasteiger partial charge in [-0.3, -0.25) is 14.4 Å². The molecule has 0 bridgehead atoms. The minimum Gasteiger partial charge on any atom is -0.481 e. The molecule has 144 valence electrons. The van der Waals surface area contributed by atoms with Gasteiger partial charge < -0.3 is 14.6 Å². The lowest BCUT2D eigenvalue weighted by molar-refractivity contribution is -0.239. The van der Waals surface area contributed by atoms with Crippen molar-refractivity contribution in [3.8, 4) is 0 Å². The molecule has 4 rings (SSSR count). The molecular formula is C20H28O6. The van der Waals surface area contributed by atoms with Gasteiger partial charge in [-0.1, -0.05) is 13.8 Å². The molecule has 4 fully saturated rings. The Balaban J connectivity index is 1.68. The van der Waals surface area contributed by atoms with E-state index in [1.165, 1.54) is 0 Å². The van der Waals surface area contributed by atoms with E-state index >= 15 is 0 Å². The van der Waals surface area contributed by atoms with Crippen LogP contribution in [-0.2, 0) is 23.9 Å². The number of rotatable bonds is 3. The Morgan fingerprint density at radius 1 is 1.19 bits per heavy atom. The van der Waals surface area contributed by atoms with E-state index in [9.17, 15) is 14.4 Å². The maximum Gasteiger partial charge on any atom is 0.303 e. The second-order valence-electron chi connectivity index (χ2n) is 9.07. The van der Waals surface area contributed by atoms with E-state index < -0.39 is 17.2 Å². The lowest BCUT2D eigenvalue weighted by Crippen LogP contribution is -2.59. The summed E-state index contributed by atoms with van der Waals surface area (Å²) in [6.45, 7) is 5.08. The summed E-state index contributed by atoms with van der Waals surface area (Å²) in [5.41, 5.74) is -1.21. The normalized spacial score (nSPS) is 44.2. The first-order valence-electron chi connectivity index (χ1n) is 9.79. The van der Waals surface area contributed by atoms with E-state index in [1.54, 1.807) is 0 Å². The lowest BCUT2D eigenvalue weighted by Gasteiger charge is -2.55. The van der Waals surface area contributed by atoms with Gasteiger partial charge in [0.25, 0.3) is 0 Å².